The smallest absolute Gasteiger partial charge is 0.239 e. The fourth-order valence-corrected chi connectivity index (χ4v) is 2.68. The Morgan fingerprint density at radius 2 is 1.92 bits per heavy atom. The Bertz CT molecular complexity index is 635. The van der Waals surface area contributed by atoms with Gasteiger partial charge in [-0.3, -0.25) is 14.4 Å². The Hall–Kier alpha value is -2.37. The van der Waals surface area contributed by atoms with Gasteiger partial charge in [0, 0.05) is 23.6 Å². The van der Waals surface area contributed by atoms with E-state index in [1.165, 1.54) is 0 Å². The second-order valence-electron chi connectivity index (χ2n) is 7.16. The van der Waals surface area contributed by atoms with Crippen LogP contribution in [0.3, 0.4) is 0 Å². The van der Waals surface area contributed by atoms with Crippen LogP contribution in [0, 0.1) is 5.92 Å². The number of carbonyl (C=O) groups excluding carboxylic acids is 3. The Labute approximate surface area is 142 Å². The molecule has 1 aromatic rings. The molecule has 0 spiro atoms. The lowest BCUT2D eigenvalue weighted by molar-refractivity contribution is -0.127. The zero-order valence-electron chi connectivity index (χ0n) is 14.4. The quantitative estimate of drug-likeness (QED) is 0.766. The number of hydrogen-bond donors (Lipinski definition) is 3. The van der Waals surface area contributed by atoms with E-state index in [1.54, 1.807) is 0 Å². The van der Waals surface area contributed by atoms with Crippen LogP contribution in [0.1, 0.15) is 39.2 Å². The van der Waals surface area contributed by atoms with Gasteiger partial charge in [-0.2, -0.15) is 0 Å². The van der Waals surface area contributed by atoms with Crippen molar-refractivity contribution >= 4 is 23.4 Å². The molecule has 24 heavy (non-hydrogen) atoms. The molecule has 6 heteroatoms. The van der Waals surface area contributed by atoms with Crippen molar-refractivity contribution in [3.63, 3.8) is 0 Å². The van der Waals surface area contributed by atoms with Crippen molar-refractivity contribution in [3.05, 3.63) is 29.8 Å². The molecule has 0 bridgehead atoms. The summed E-state index contributed by atoms with van der Waals surface area (Å²) in [5.74, 6) is -0.702. The van der Waals surface area contributed by atoms with Crippen LogP contribution in [0.15, 0.2) is 24.3 Å². The Morgan fingerprint density at radius 1 is 1.21 bits per heavy atom. The van der Waals surface area contributed by atoms with Crippen LogP contribution in [-0.4, -0.2) is 29.8 Å². The molecule has 1 aliphatic rings. The van der Waals surface area contributed by atoms with Crippen LogP contribution in [0.2, 0.25) is 0 Å². The molecular weight excluding hydrogens is 306 g/mol. The van der Waals surface area contributed by atoms with E-state index in [1.807, 2.05) is 45.0 Å². The highest BCUT2D eigenvalue weighted by atomic mass is 16.2. The zero-order valence-corrected chi connectivity index (χ0v) is 14.4. The fraction of sp³-hybridized carbons (Fsp3) is 0.500. The first-order chi connectivity index (χ1) is 11.2. The van der Waals surface area contributed by atoms with Crippen LogP contribution >= 0.6 is 0 Å². The minimum Gasteiger partial charge on any atom is -0.350 e. The van der Waals surface area contributed by atoms with E-state index in [9.17, 15) is 14.4 Å². The summed E-state index contributed by atoms with van der Waals surface area (Å²) < 4.78 is 0. The maximum atomic E-state index is 12.1. The number of benzene rings is 1. The fourth-order valence-electron chi connectivity index (χ4n) is 2.68. The van der Waals surface area contributed by atoms with Crippen molar-refractivity contribution in [3.8, 4) is 0 Å². The normalized spacial score (nSPS) is 16.8. The van der Waals surface area contributed by atoms with Gasteiger partial charge in [-0.1, -0.05) is 18.2 Å². The molecule has 0 aromatic heterocycles. The monoisotopic (exact) mass is 331 g/mol. The maximum Gasteiger partial charge on any atom is 0.239 e. The van der Waals surface area contributed by atoms with Gasteiger partial charge in [0.2, 0.25) is 17.7 Å². The first-order valence-corrected chi connectivity index (χ1v) is 8.21. The van der Waals surface area contributed by atoms with E-state index in [4.69, 9.17) is 0 Å². The van der Waals surface area contributed by atoms with Crippen molar-refractivity contribution in [2.75, 3.05) is 11.9 Å². The van der Waals surface area contributed by atoms with Gasteiger partial charge >= 0.3 is 0 Å². The molecule has 0 aliphatic carbocycles. The summed E-state index contributed by atoms with van der Waals surface area (Å²) >= 11 is 0. The Balaban J connectivity index is 1.76. The topological polar surface area (TPSA) is 87.3 Å². The number of amides is 3. The van der Waals surface area contributed by atoms with Crippen molar-refractivity contribution in [2.45, 2.75) is 45.6 Å². The van der Waals surface area contributed by atoms with Crippen LogP contribution < -0.4 is 16.0 Å². The van der Waals surface area contributed by atoms with E-state index < -0.39 is 0 Å². The van der Waals surface area contributed by atoms with Crippen molar-refractivity contribution in [1.82, 2.24) is 10.6 Å². The molecule has 0 saturated carbocycles. The average molecular weight is 331 g/mol. The minimum atomic E-state index is -0.324. The third-order valence-electron chi connectivity index (χ3n) is 3.79. The van der Waals surface area contributed by atoms with Crippen molar-refractivity contribution in [1.29, 1.82) is 0 Å². The number of rotatable bonds is 5. The van der Waals surface area contributed by atoms with Crippen molar-refractivity contribution in [2.24, 2.45) is 5.92 Å². The van der Waals surface area contributed by atoms with Gasteiger partial charge in [-0.25, -0.2) is 0 Å². The van der Waals surface area contributed by atoms with Gasteiger partial charge in [-0.15, -0.1) is 0 Å². The molecule has 2 rings (SSSR count). The van der Waals surface area contributed by atoms with E-state index in [2.05, 4.69) is 16.0 Å². The summed E-state index contributed by atoms with van der Waals surface area (Å²) in [5.41, 5.74) is 1.61. The highest BCUT2D eigenvalue weighted by Gasteiger charge is 2.26. The van der Waals surface area contributed by atoms with Crippen LogP contribution in [0.25, 0.3) is 0 Å². The predicted molar refractivity (Wildman–Crippen MR) is 92.4 cm³/mol. The highest BCUT2D eigenvalue weighted by Crippen LogP contribution is 2.27. The van der Waals surface area contributed by atoms with Gasteiger partial charge in [-0.05, 0) is 45.2 Å². The molecule has 6 nitrogen and oxygen atoms in total. The summed E-state index contributed by atoms with van der Waals surface area (Å²) in [6.45, 7) is 5.60. The zero-order chi connectivity index (χ0) is 17.7. The van der Waals surface area contributed by atoms with E-state index in [0.29, 0.717) is 12.8 Å². The highest BCUT2D eigenvalue weighted by molar-refractivity contribution is 5.96. The summed E-state index contributed by atoms with van der Waals surface area (Å²) in [7, 11) is 0. The van der Waals surface area contributed by atoms with Gasteiger partial charge in [0.1, 0.15) is 0 Å². The lowest BCUT2D eigenvalue weighted by atomic mass is 9.89. The molecule has 1 aliphatic heterocycles. The third kappa shape index (κ3) is 5.37. The standard InChI is InChI=1S/C18H25N3O3/c1-18(2,3)21-16(23)11-19-15(22)9-8-13-10-12-6-4-5-7-14(12)20-17(13)24/h4-7,13H,8-11H2,1-3H3,(H,19,22)(H,20,24)(H,21,23). The average Bonchev–Trinajstić information content (AvgIpc) is 2.49. The molecular formula is C18H25N3O3. The molecule has 3 amide bonds. The molecule has 1 heterocycles. The number of para-hydroxylation sites is 1. The number of carbonyl (C=O) groups is 3. The Morgan fingerprint density at radius 3 is 2.62 bits per heavy atom. The molecule has 0 radical (unpaired) electrons. The second kappa shape index (κ2) is 7.47. The summed E-state index contributed by atoms with van der Waals surface area (Å²) in [5, 5.41) is 8.25. The van der Waals surface area contributed by atoms with E-state index in [-0.39, 0.29) is 42.1 Å². The van der Waals surface area contributed by atoms with Crippen LogP contribution in [-0.2, 0) is 20.8 Å². The molecule has 0 fully saturated rings. The van der Waals surface area contributed by atoms with E-state index in [0.717, 1.165) is 11.3 Å². The van der Waals surface area contributed by atoms with Gasteiger partial charge in [0.25, 0.3) is 0 Å². The Kier molecular flexibility index (Phi) is 5.59. The summed E-state index contributed by atoms with van der Waals surface area (Å²) in [4.78, 5) is 35.6. The first-order valence-electron chi connectivity index (χ1n) is 8.21. The molecule has 3 N–H and O–H groups in total. The van der Waals surface area contributed by atoms with Gasteiger partial charge < -0.3 is 16.0 Å². The van der Waals surface area contributed by atoms with Crippen LogP contribution in [0.4, 0.5) is 5.69 Å². The number of hydrogen-bond acceptors (Lipinski definition) is 3. The molecule has 1 atom stereocenters. The van der Waals surface area contributed by atoms with Gasteiger partial charge in [0.15, 0.2) is 0 Å². The third-order valence-corrected chi connectivity index (χ3v) is 3.79. The number of fused-ring (bicyclic) bond motifs is 1. The van der Waals surface area contributed by atoms with E-state index >= 15 is 0 Å². The number of nitrogens with one attached hydrogen (secondary N) is 3. The lowest BCUT2D eigenvalue weighted by Crippen LogP contribution is -2.45. The van der Waals surface area contributed by atoms with Crippen molar-refractivity contribution < 1.29 is 14.4 Å². The molecule has 1 unspecified atom stereocenters. The minimum absolute atomic E-state index is 0.0458. The molecule has 130 valence electrons. The predicted octanol–water partition coefficient (Wildman–Crippen LogP) is 1.61. The molecule has 1 aromatic carbocycles. The van der Waals surface area contributed by atoms with Crippen LogP contribution in [0.5, 0.6) is 0 Å². The maximum absolute atomic E-state index is 12.1. The second-order valence-corrected chi connectivity index (χ2v) is 7.16. The largest absolute Gasteiger partial charge is 0.350 e. The lowest BCUT2D eigenvalue weighted by Gasteiger charge is -2.24. The number of anilines is 1. The summed E-state index contributed by atoms with van der Waals surface area (Å²) in [6.07, 6.45) is 1.33. The first kappa shape index (κ1) is 18.0. The van der Waals surface area contributed by atoms with Gasteiger partial charge in [0.05, 0.1) is 6.54 Å². The summed E-state index contributed by atoms with van der Waals surface area (Å²) in [6, 6.07) is 7.69. The SMILES string of the molecule is CC(C)(C)NC(=O)CNC(=O)CCC1Cc2ccccc2NC1=O. The molecule has 0 saturated heterocycles.